The van der Waals surface area contributed by atoms with Crippen LogP contribution in [0.25, 0.3) is 0 Å². The molecule has 0 spiro atoms. The Morgan fingerprint density at radius 1 is 1.33 bits per heavy atom. The molecule has 132 valence electrons. The maximum Gasteiger partial charge on any atom is 0.193 e. The van der Waals surface area contributed by atoms with Gasteiger partial charge in [0.1, 0.15) is 0 Å². The zero-order chi connectivity index (χ0) is 16.2. The average Bonchev–Trinajstić information content (AvgIpc) is 3.20. The fourth-order valence-electron chi connectivity index (χ4n) is 3.39. The molecule has 1 N–H and O–H groups in total. The topological polar surface area (TPSA) is 30.9 Å². The molecule has 24 heavy (non-hydrogen) atoms. The summed E-state index contributed by atoms with van der Waals surface area (Å²) >= 11 is 3.52. The minimum absolute atomic E-state index is 0. The molecule has 0 radical (unpaired) electrons. The summed E-state index contributed by atoms with van der Waals surface area (Å²) in [6.45, 7) is 7.32. The molecule has 0 amide bonds. The fraction of sp³-hybridized carbons (Fsp3) is 0.500. The molecular weight excluding hydrogens is 479 g/mol. The Hall–Kier alpha value is -0.600. The quantitative estimate of drug-likeness (QED) is 0.296. The normalized spacial score (nSPS) is 21.2. The predicted molar refractivity (Wildman–Crippen MR) is 115 cm³/mol. The number of hydrogen-bond donors (Lipinski definition) is 1. The Labute approximate surface area is 170 Å². The Balaban J connectivity index is 0.00000208. The van der Waals surface area contributed by atoms with Crippen LogP contribution in [0.15, 0.2) is 39.8 Å². The van der Waals surface area contributed by atoms with Crippen molar-refractivity contribution in [3.63, 3.8) is 0 Å². The van der Waals surface area contributed by atoms with E-state index in [0.717, 1.165) is 43.2 Å². The third-order valence-electron chi connectivity index (χ3n) is 4.78. The summed E-state index contributed by atoms with van der Waals surface area (Å²) in [6, 6.07) is 7.07. The van der Waals surface area contributed by atoms with Crippen molar-refractivity contribution in [2.45, 2.75) is 25.9 Å². The van der Waals surface area contributed by atoms with Crippen molar-refractivity contribution in [1.82, 2.24) is 15.1 Å². The summed E-state index contributed by atoms with van der Waals surface area (Å²) in [6.07, 6.45) is 5.76. The van der Waals surface area contributed by atoms with Crippen molar-refractivity contribution in [3.8, 4) is 0 Å². The number of guanidine groups is 1. The van der Waals surface area contributed by atoms with Gasteiger partial charge in [0.2, 0.25) is 0 Å². The van der Waals surface area contributed by atoms with Crippen LogP contribution in [0.5, 0.6) is 0 Å². The number of hydrogen-bond acceptors (Lipinski definition) is 2. The highest BCUT2D eigenvalue weighted by Gasteiger charge is 2.29. The number of nitrogens with one attached hydrogen (secondary N) is 1. The number of aryl methyl sites for hydroxylation is 1. The fourth-order valence-corrected chi connectivity index (χ4v) is 3.86. The molecule has 4 nitrogen and oxygen atoms in total. The molecule has 1 unspecified atom stereocenters. The van der Waals surface area contributed by atoms with Crippen LogP contribution in [0.2, 0.25) is 0 Å². The second-order valence-electron chi connectivity index (χ2n) is 6.29. The first-order valence-corrected chi connectivity index (χ1v) is 9.06. The summed E-state index contributed by atoms with van der Waals surface area (Å²) in [5.74, 6) is 1.02. The second kappa shape index (κ2) is 9.20. The SMILES string of the molecule is CN=C(NCc1ccc(Br)cc1C)N1CCC(N2CC=CC2)C1.I. The molecule has 0 bridgehead atoms. The molecule has 1 atom stereocenters. The van der Waals surface area contributed by atoms with Gasteiger partial charge in [-0.15, -0.1) is 24.0 Å². The van der Waals surface area contributed by atoms with Crippen molar-refractivity contribution in [2.24, 2.45) is 4.99 Å². The van der Waals surface area contributed by atoms with E-state index in [2.05, 4.69) is 73.3 Å². The van der Waals surface area contributed by atoms with Crippen molar-refractivity contribution in [2.75, 3.05) is 33.2 Å². The lowest BCUT2D eigenvalue weighted by molar-refractivity contribution is 0.259. The van der Waals surface area contributed by atoms with Gasteiger partial charge in [-0.25, -0.2) is 0 Å². The van der Waals surface area contributed by atoms with Crippen LogP contribution in [0.4, 0.5) is 0 Å². The Morgan fingerprint density at radius 2 is 2.08 bits per heavy atom. The van der Waals surface area contributed by atoms with Crippen LogP contribution >= 0.6 is 39.9 Å². The minimum Gasteiger partial charge on any atom is -0.352 e. The monoisotopic (exact) mass is 504 g/mol. The maximum absolute atomic E-state index is 4.48. The number of aliphatic imine (C=N–C) groups is 1. The third kappa shape index (κ3) is 4.73. The molecule has 6 heteroatoms. The van der Waals surface area contributed by atoms with Crippen molar-refractivity contribution < 1.29 is 0 Å². The van der Waals surface area contributed by atoms with Gasteiger partial charge in [0.15, 0.2) is 5.96 Å². The van der Waals surface area contributed by atoms with E-state index in [4.69, 9.17) is 0 Å². The van der Waals surface area contributed by atoms with E-state index in [0.29, 0.717) is 6.04 Å². The van der Waals surface area contributed by atoms with E-state index in [1.54, 1.807) is 0 Å². The van der Waals surface area contributed by atoms with Gasteiger partial charge in [-0.1, -0.05) is 34.1 Å². The predicted octanol–water partition coefficient (Wildman–Crippen LogP) is 3.40. The summed E-state index contributed by atoms with van der Waals surface area (Å²) < 4.78 is 1.13. The molecule has 2 heterocycles. The average molecular weight is 505 g/mol. The molecule has 0 aromatic heterocycles. The number of benzene rings is 1. The Morgan fingerprint density at radius 3 is 2.75 bits per heavy atom. The first-order chi connectivity index (χ1) is 11.2. The van der Waals surface area contributed by atoms with Crippen LogP contribution in [0.1, 0.15) is 17.5 Å². The van der Waals surface area contributed by atoms with E-state index in [-0.39, 0.29) is 24.0 Å². The number of likely N-dealkylation sites (tertiary alicyclic amines) is 1. The molecule has 1 aromatic carbocycles. The standard InChI is InChI=1S/C18H25BrN4.HI/c1-14-11-16(19)6-5-15(14)12-21-18(20-2)23-10-7-17(13-23)22-8-3-4-9-22;/h3-6,11,17H,7-10,12-13H2,1-2H3,(H,20,21);1H. The second-order valence-corrected chi connectivity index (χ2v) is 7.20. The molecule has 1 aromatic rings. The van der Waals surface area contributed by atoms with Gasteiger partial charge in [-0.05, 0) is 36.6 Å². The zero-order valence-electron chi connectivity index (χ0n) is 14.3. The van der Waals surface area contributed by atoms with Crippen LogP contribution in [-0.2, 0) is 6.54 Å². The lowest BCUT2D eigenvalue weighted by atomic mass is 10.1. The number of rotatable bonds is 3. The molecule has 1 fully saturated rings. The smallest absolute Gasteiger partial charge is 0.193 e. The number of nitrogens with zero attached hydrogens (tertiary/aromatic N) is 3. The maximum atomic E-state index is 4.48. The van der Waals surface area contributed by atoms with Gasteiger partial charge in [-0.3, -0.25) is 9.89 Å². The van der Waals surface area contributed by atoms with E-state index in [9.17, 15) is 0 Å². The van der Waals surface area contributed by atoms with Gasteiger partial charge < -0.3 is 10.2 Å². The minimum atomic E-state index is 0. The third-order valence-corrected chi connectivity index (χ3v) is 5.27. The van der Waals surface area contributed by atoms with E-state index < -0.39 is 0 Å². The molecule has 2 aliphatic heterocycles. The molecule has 0 saturated carbocycles. The van der Waals surface area contributed by atoms with E-state index >= 15 is 0 Å². The summed E-state index contributed by atoms with van der Waals surface area (Å²) in [5, 5.41) is 3.53. The molecule has 2 aliphatic rings. The zero-order valence-corrected chi connectivity index (χ0v) is 18.3. The first kappa shape index (κ1) is 19.7. The Bertz CT molecular complexity index is 609. The van der Waals surface area contributed by atoms with Crippen molar-refractivity contribution >= 4 is 45.9 Å². The molecular formula is C18H26BrIN4. The van der Waals surface area contributed by atoms with Crippen molar-refractivity contribution in [1.29, 1.82) is 0 Å². The van der Waals surface area contributed by atoms with Gasteiger partial charge in [0, 0.05) is 50.3 Å². The van der Waals surface area contributed by atoms with Crippen LogP contribution in [0.3, 0.4) is 0 Å². The highest BCUT2D eigenvalue weighted by atomic mass is 127. The van der Waals surface area contributed by atoms with Crippen molar-refractivity contribution in [3.05, 3.63) is 46.0 Å². The summed E-state index contributed by atoms with van der Waals surface area (Å²) in [4.78, 5) is 9.42. The lowest BCUT2D eigenvalue weighted by Gasteiger charge is -2.25. The van der Waals surface area contributed by atoms with Crippen LogP contribution < -0.4 is 5.32 Å². The molecule has 1 saturated heterocycles. The van der Waals surface area contributed by atoms with Gasteiger partial charge >= 0.3 is 0 Å². The molecule has 0 aliphatic carbocycles. The van der Waals surface area contributed by atoms with Gasteiger partial charge in [-0.2, -0.15) is 0 Å². The lowest BCUT2D eigenvalue weighted by Crippen LogP contribution is -2.42. The Kier molecular flexibility index (Phi) is 7.56. The summed E-state index contributed by atoms with van der Waals surface area (Å²) in [5.41, 5.74) is 2.61. The summed E-state index contributed by atoms with van der Waals surface area (Å²) in [7, 11) is 1.88. The van der Waals surface area contributed by atoms with Crippen LogP contribution in [0, 0.1) is 6.92 Å². The molecule has 3 rings (SSSR count). The van der Waals surface area contributed by atoms with Crippen LogP contribution in [-0.4, -0.2) is 55.0 Å². The first-order valence-electron chi connectivity index (χ1n) is 8.27. The van der Waals surface area contributed by atoms with E-state index in [1.807, 2.05) is 7.05 Å². The number of halogens is 2. The van der Waals surface area contributed by atoms with Gasteiger partial charge in [0.05, 0.1) is 0 Å². The van der Waals surface area contributed by atoms with Gasteiger partial charge in [0.25, 0.3) is 0 Å². The highest BCUT2D eigenvalue weighted by Crippen LogP contribution is 2.19. The largest absolute Gasteiger partial charge is 0.352 e. The highest BCUT2D eigenvalue weighted by molar-refractivity contribution is 14.0. The van der Waals surface area contributed by atoms with E-state index in [1.165, 1.54) is 17.5 Å².